The highest BCUT2D eigenvalue weighted by atomic mass is 79.9. The number of anilines is 2. The van der Waals surface area contributed by atoms with Gasteiger partial charge in [-0.2, -0.15) is 15.0 Å². The van der Waals surface area contributed by atoms with Crippen molar-refractivity contribution in [3.8, 4) is 6.01 Å². The van der Waals surface area contributed by atoms with Crippen molar-refractivity contribution in [1.29, 1.82) is 0 Å². The number of nitrogens with zero attached hydrogens (tertiary/aromatic N) is 3. The van der Waals surface area contributed by atoms with Crippen LogP contribution in [-0.2, 0) is 0 Å². The molecule has 0 atom stereocenters. The second-order valence-corrected chi connectivity index (χ2v) is 4.33. The van der Waals surface area contributed by atoms with Gasteiger partial charge in [-0.15, -0.1) is 0 Å². The van der Waals surface area contributed by atoms with E-state index in [0.29, 0.717) is 4.47 Å². The van der Waals surface area contributed by atoms with Crippen LogP contribution in [0.2, 0.25) is 5.28 Å². The highest BCUT2D eigenvalue weighted by Crippen LogP contribution is 2.27. The van der Waals surface area contributed by atoms with Crippen LogP contribution in [0.15, 0.2) is 22.7 Å². The van der Waals surface area contributed by atoms with Crippen LogP contribution in [0.1, 0.15) is 0 Å². The van der Waals surface area contributed by atoms with Crippen LogP contribution in [0.5, 0.6) is 6.01 Å². The summed E-state index contributed by atoms with van der Waals surface area (Å²) < 4.78 is 19.0. The second kappa shape index (κ2) is 5.45. The molecule has 8 heteroatoms. The molecule has 0 aliphatic rings. The van der Waals surface area contributed by atoms with Crippen molar-refractivity contribution < 1.29 is 9.13 Å². The average molecular weight is 334 g/mol. The van der Waals surface area contributed by atoms with Gasteiger partial charge in [-0.1, -0.05) is 6.07 Å². The van der Waals surface area contributed by atoms with E-state index in [1.54, 1.807) is 12.1 Å². The Balaban J connectivity index is 2.37. The Bertz CT molecular complexity index is 564. The summed E-state index contributed by atoms with van der Waals surface area (Å²) >= 11 is 8.91. The molecule has 1 aromatic heterocycles. The maximum absolute atomic E-state index is 13.6. The first-order chi connectivity index (χ1) is 8.60. The van der Waals surface area contributed by atoms with Crippen molar-refractivity contribution in [2.24, 2.45) is 0 Å². The van der Waals surface area contributed by atoms with Gasteiger partial charge in [0, 0.05) is 4.47 Å². The van der Waals surface area contributed by atoms with Crippen LogP contribution in [-0.4, -0.2) is 22.1 Å². The number of halogens is 3. The van der Waals surface area contributed by atoms with Gasteiger partial charge in [0.1, 0.15) is 5.82 Å². The van der Waals surface area contributed by atoms with Gasteiger partial charge in [-0.3, -0.25) is 0 Å². The molecule has 1 N–H and O–H groups in total. The molecule has 0 spiro atoms. The zero-order chi connectivity index (χ0) is 13.1. The number of aromatic nitrogens is 3. The van der Waals surface area contributed by atoms with Crippen molar-refractivity contribution in [2.45, 2.75) is 0 Å². The molecule has 18 heavy (non-hydrogen) atoms. The number of para-hydroxylation sites is 1. The van der Waals surface area contributed by atoms with E-state index < -0.39 is 5.82 Å². The van der Waals surface area contributed by atoms with E-state index >= 15 is 0 Å². The molecule has 0 saturated carbocycles. The number of benzene rings is 1. The molecule has 0 amide bonds. The van der Waals surface area contributed by atoms with Gasteiger partial charge < -0.3 is 10.1 Å². The maximum Gasteiger partial charge on any atom is 0.322 e. The first-order valence-corrected chi connectivity index (χ1v) is 5.94. The Morgan fingerprint density at radius 2 is 2.11 bits per heavy atom. The van der Waals surface area contributed by atoms with Gasteiger partial charge in [0.05, 0.1) is 12.8 Å². The molecular weight excluding hydrogens is 326 g/mol. The summed E-state index contributed by atoms with van der Waals surface area (Å²) in [5.74, 6) is -0.350. The number of hydrogen-bond donors (Lipinski definition) is 1. The lowest BCUT2D eigenvalue weighted by atomic mass is 10.3. The highest BCUT2D eigenvalue weighted by Gasteiger charge is 2.10. The number of nitrogens with one attached hydrogen (secondary N) is 1. The van der Waals surface area contributed by atoms with Crippen LogP contribution < -0.4 is 10.1 Å². The quantitative estimate of drug-likeness (QED) is 0.935. The Morgan fingerprint density at radius 3 is 2.78 bits per heavy atom. The second-order valence-electron chi connectivity index (χ2n) is 3.14. The van der Waals surface area contributed by atoms with Crippen LogP contribution in [0.25, 0.3) is 0 Å². The van der Waals surface area contributed by atoms with Crippen LogP contribution in [0, 0.1) is 5.82 Å². The third-order valence-electron chi connectivity index (χ3n) is 1.97. The van der Waals surface area contributed by atoms with Gasteiger partial charge in [-0.25, -0.2) is 4.39 Å². The predicted octanol–water partition coefficient (Wildman–Crippen LogP) is 3.18. The fraction of sp³-hybridized carbons (Fsp3) is 0.100. The molecule has 1 heterocycles. The van der Waals surface area contributed by atoms with Gasteiger partial charge in [0.15, 0.2) is 0 Å². The zero-order valence-electron chi connectivity index (χ0n) is 9.12. The van der Waals surface area contributed by atoms with E-state index in [-0.39, 0.29) is 22.9 Å². The monoisotopic (exact) mass is 332 g/mol. The minimum Gasteiger partial charge on any atom is -0.467 e. The predicted molar refractivity (Wildman–Crippen MR) is 68.8 cm³/mol. The summed E-state index contributed by atoms with van der Waals surface area (Å²) in [5.41, 5.74) is 0.210. The molecule has 0 saturated heterocycles. The third kappa shape index (κ3) is 2.85. The third-order valence-corrected chi connectivity index (χ3v) is 2.80. The lowest BCUT2D eigenvalue weighted by molar-refractivity contribution is 0.379. The Labute approximate surface area is 116 Å². The molecule has 1 aromatic carbocycles. The minimum atomic E-state index is -0.445. The van der Waals surface area contributed by atoms with E-state index in [9.17, 15) is 4.39 Å². The van der Waals surface area contributed by atoms with Crippen LogP contribution >= 0.6 is 27.5 Å². The summed E-state index contributed by atoms with van der Waals surface area (Å²) in [7, 11) is 1.40. The fourth-order valence-electron chi connectivity index (χ4n) is 1.21. The topological polar surface area (TPSA) is 59.9 Å². The summed E-state index contributed by atoms with van der Waals surface area (Å²) in [6.07, 6.45) is 0. The summed E-state index contributed by atoms with van der Waals surface area (Å²) in [4.78, 5) is 11.4. The van der Waals surface area contributed by atoms with E-state index in [0.717, 1.165) is 0 Å². The number of methoxy groups -OCH3 is 1. The van der Waals surface area contributed by atoms with Crippen molar-refractivity contribution in [3.63, 3.8) is 0 Å². The summed E-state index contributed by atoms with van der Waals surface area (Å²) in [6.45, 7) is 0. The van der Waals surface area contributed by atoms with Gasteiger partial charge in [0.2, 0.25) is 11.2 Å². The first-order valence-electron chi connectivity index (χ1n) is 4.76. The van der Waals surface area contributed by atoms with E-state index in [2.05, 4.69) is 36.2 Å². The molecule has 0 fully saturated rings. The lowest BCUT2D eigenvalue weighted by Crippen LogP contribution is -2.03. The molecule has 2 aromatic rings. The Hall–Kier alpha value is -1.47. The smallest absolute Gasteiger partial charge is 0.322 e. The SMILES string of the molecule is COc1nc(Cl)nc(Nc2c(F)cccc2Br)n1. The molecule has 0 bridgehead atoms. The summed E-state index contributed by atoms with van der Waals surface area (Å²) in [6, 6.07) is 4.62. The van der Waals surface area contributed by atoms with Crippen molar-refractivity contribution in [3.05, 3.63) is 33.8 Å². The molecule has 0 unspecified atom stereocenters. The molecule has 0 aliphatic carbocycles. The first kappa shape index (κ1) is 13.0. The molecule has 0 aliphatic heterocycles. The molecule has 94 valence electrons. The normalized spacial score (nSPS) is 10.2. The largest absolute Gasteiger partial charge is 0.467 e. The van der Waals surface area contributed by atoms with Gasteiger partial charge >= 0.3 is 6.01 Å². The van der Waals surface area contributed by atoms with Crippen LogP contribution in [0.4, 0.5) is 16.0 Å². The maximum atomic E-state index is 13.6. The van der Waals surface area contributed by atoms with E-state index in [4.69, 9.17) is 16.3 Å². The van der Waals surface area contributed by atoms with Crippen molar-refractivity contribution >= 4 is 39.2 Å². The Morgan fingerprint density at radius 1 is 1.33 bits per heavy atom. The number of hydrogen-bond acceptors (Lipinski definition) is 5. The fourth-order valence-corrected chi connectivity index (χ4v) is 1.80. The standard InChI is InChI=1S/C10H7BrClFN4O/c1-18-10-16-8(12)15-9(17-10)14-7-5(11)3-2-4-6(7)13/h2-4H,1H3,(H,14,15,16,17). The van der Waals surface area contributed by atoms with Crippen LogP contribution in [0.3, 0.4) is 0 Å². The number of rotatable bonds is 3. The van der Waals surface area contributed by atoms with Gasteiger partial charge in [-0.05, 0) is 39.7 Å². The zero-order valence-corrected chi connectivity index (χ0v) is 11.5. The van der Waals surface area contributed by atoms with E-state index in [1.807, 2.05) is 0 Å². The minimum absolute atomic E-state index is 0.0446. The lowest BCUT2D eigenvalue weighted by Gasteiger charge is -2.08. The van der Waals surface area contributed by atoms with Crippen molar-refractivity contribution in [1.82, 2.24) is 15.0 Å². The molecule has 2 rings (SSSR count). The highest BCUT2D eigenvalue weighted by molar-refractivity contribution is 9.10. The average Bonchev–Trinajstić information content (AvgIpc) is 2.33. The molecular formula is C10H7BrClFN4O. The Kier molecular flexibility index (Phi) is 3.93. The number of ether oxygens (including phenoxy) is 1. The van der Waals surface area contributed by atoms with Crippen molar-refractivity contribution in [2.75, 3.05) is 12.4 Å². The van der Waals surface area contributed by atoms with E-state index in [1.165, 1.54) is 13.2 Å². The molecule has 5 nitrogen and oxygen atoms in total. The van der Waals surface area contributed by atoms with Gasteiger partial charge in [0.25, 0.3) is 0 Å². The molecule has 0 radical (unpaired) electrons. The summed E-state index contributed by atoms with van der Waals surface area (Å²) in [5, 5.41) is 2.66.